The van der Waals surface area contributed by atoms with Gasteiger partial charge in [0.25, 0.3) is 0 Å². The second-order valence-corrected chi connectivity index (χ2v) is 14.4. The standard InChI is InChI=1S/C50H36N2/c1-3-12-33(13-4-1)34-22-24-38(25-23-34)51(40-27-29-48-45(31-40)43-19-9-10-21-47(43)52(48)37-16-5-2-6-17-37)39-26-28-42-44-20-11-15-36-30-35-14-7-8-18-41(35)50(49(36)44)46(42)32-39/h1-16,18-32,37,45,48H,17H2. The highest BCUT2D eigenvalue weighted by Crippen LogP contribution is 2.53. The van der Waals surface area contributed by atoms with Crippen LogP contribution in [0, 0.1) is 0 Å². The zero-order valence-electron chi connectivity index (χ0n) is 28.7. The van der Waals surface area contributed by atoms with Crippen LogP contribution in [-0.4, -0.2) is 12.1 Å². The molecule has 2 nitrogen and oxygen atoms in total. The molecule has 0 saturated heterocycles. The molecule has 0 amide bonds. The highest BCUT2D eigenvalue weighted by Gasteiger charge is 2.40. The van der Waals surface area contributed by atoms with Gasteiger partial charge in [0.15, 0.2) is 0 Å². The van der Waals surface area contributed by atoms with E-state index >= 15 is 0 Å². The van der Waals surface area contributed by atoms with Crippen molar-refractivity contribution in [2.45, 2.75) is 24.4 Å². The van der Waals surface area contributed by atoms with Crippen LogP contribution in [-0.2, 0) is 0 Å². The van der Waals surface area contributed by atoms with Crippen molar-refractivity contribution in [1.29, 1.82) is 0 Å². The summed E-state index contributed by atoms with van der Waals surface area (Å²) in [6.45, 7) is 0. The molecular weight excluding hydrogens is 629 g/mol. The van der Waals surface area contributed by atoms with Gasteiger partial charge in [-0.1, -0.05) is 146 Å². The number of nitrogens with zero attached hydrogens (tertiary/aromatic N) is 2. The smallest absolute Gasteiger partial charge is 0.0588 e. The van der Waals surface area contributed by atoms with Gasteiger partial charge in [-0.2, -0.15) is 0 Å². The first-order chi connectivity index (χ1) is 25.8. The van der Waals surface area contributed by atoms with Crippen molar-refractivity contribution in [3.63, 3.8) is 0 Å². The molecule has 0 saturated carbocycles. The van der Waals surface area contributed by atoms with Gasteiger partial charge in [0.1, 0.15) is 0 Å². The minimum Gasteiger partial charge on any atom is -0.357 e. The lowest BCUT2D eigenvalue weighted by Gasteiger charge is -2.37. The molecule has 3 aliphatic carbocycles. The maximum absolute atomic E-state index is 2.64. The molecule has 7 aromatic carbocycles. The van der Waals surface area contributed by atoms with Gasteiger partial charge in [0.2, 0.25) is 0 Å². The average molecular weight is 665 g/mol. The van der Waals surface area contributed by atoms with Gasteiger partial charge in [0, 0.05) is 28.7 Å². The lowest BCUT2D eigenvalue weighted by Crippen LogP contribution is -2.41. The Morgan fingerprint density at radius 3 is 2.25 bits per heavy atom. The van der Waals surface area contributed by atoms with Crippen LogP contribution in [0.1, 0.15) is 17.9 Å². The average Bonchev–Trinajstić information content (AvgIpc) is 3.73. The number of allylic oxidation sites excluding steroid dienone is 3. The molecule has 0 spiro atoms. The summed E-state index contributed by atoms with van der Waals surface area (Å²) < 4.78 is 0. The number of anilines is 3. The normalized spacial score (nSPS) is 19.1. The number of hydrogen-bond acceptors (Lipinski definition) is 2. The van der Waals surface area contributed by atoms with E-state index < -0.39 is 0 Å². The third-order valence-electron chi connectivity index (χ3n) is 11.6. The molecule has 1 heterocycles. The van der Waals surface area contributed by atoms with Crippen LogP contribution in [0.4, 0.5) is 17.1 Å². The number of hydrogen-bond donors (Lipinski definition) is 0. The summed E-state index contributed by atoms with van der Waals surface area (Å²) in [5.74, 6) is 0.248. The summed E-state index contributed by atoms with van der Waals surface area (Å²) in [5.41, 5.74) is 14.0. The van der Waals surface area contributed by atoms with Gasteiger partial charge < -0.3 is 9.80 Å². The van der Waals surface area contributed by atoms with Crippen molar-refractivity contribution in [1.82, 2.24) is 0 Å². The van der Waals surface area contributed by atoms with Crippen LogP contribution in [0.2, 0.25) is 0 Å². The number of fused-ring (bicyclic) bond motifs is 8. The van der Waals surface area contributed by atoms with Gasteiger partial charge in [-0.3, -0.25) is 0 Å². The molecule has 3 unspecified atom stereocenters. The molecule has 0 fully saturated rings. The lowest BCUT2D eigenvalue weighted by atomic mass is 9.89. The fourth-order valence-corrected chi connectivity index (χ4v) is 9.30. The molecule has 246 valence electrons. The van der Waals surface area contributed by atoms with E-state index in [0.29, 0.717) is 6.04 Å². The van der Waals surface area contributed by atoms with E-state index in [9.17, 15) is 0 Å². The first-order valence-corrected chi connectivity index (χ1v) is 18.5. The maximum Gasteiger partial charge on any atom is 0.0588 e. The van der Waals surface area contributed by atoms with Crippen molar-refractivity contribution in [2.75, 3.05) is 9.80 Å². The SMILES string of the molecule is C1=CCC(N2c3ccccc3C3C=C(N(c4ccc(-c5ccccc5)cc4)c4ccc5c(c4)-c4c6ccccc6cc6cccc-5c46)C=CC32)C=C1. The molecule has 2 heteroatoms. The van der Waals surface area contributed by atoms with E-state index in [0.717, 1.165) is 17.8 Å². The molecule has 4 aliphatic rings. The fraction of sp³-hybridized carbons (Fsp3) is 0.0800. The third-order valence-corrected chi connectivity index (χ3v) is 11.6. The van der Waals surface area contributed by atoms with Crippen LogP contribution in [0.3, 0.4) is 0 Å². The molecular formula is C50H36N2. The Morgan fingerprint density at radius 1 is 0.577 bits per heavy atom. The van der Waals surface area contributed by atoms with Crippen LogP contribution in [0.15, 0.2) is 194 Å². The van der Waals surface area contributed by atoms with Crippen molar-refractivity contribution in [3.8, 4) is 33.4 Å². The second-order valence-electron chi connectivity index (χ2n) is 14.4. The van der Waals surface area contributed by atoms with Gasteiger partial charge >= 0.3 is 0 Å². The van der Waals surface area contributed by atoms with E-state index in [2.05, 4.69) is 198 Å². The van der Waals surface area contributed by atoms with Crippen molar-refractivity contribution in [3.05, 3.63) is 199 Å². The van der Waals surface area contributed by atoms with E-state index in [1.54, 1.807) is 0 Å². The Kier molecular flexibility index (Phi) is 6.54. The van der Waals surface area contributed by atoms with Crippen LogP contribution >= 0.6 is 0 Å². The third kappa shape index (κ3) is 4.44. The second kappa shape index (κ2) is 11.6. The first kappa shape index (κ1) is 29.4. The summed E-state index contributed by atoms with van der Waals surface area (Å²) in [4.78, 5) is 5.11. The highest BCUT2D eigenvalue weighted by molar-refractivity contribution is 6.24. The molecule has 52 heavy (non-hydrogen) atoms. The predicted molar refractivity (Wildman–Crippen MR) is 219 cm³/mol. The van der Waals surface area contributed by atoms with Crippen LogP contribution in [0.5, 0.6) is 0 Å². The van der Waals surface area contributed by atoms with Gasteiger partial charge in [-0.25, -0.2) is 0 Å². The zero-order chi connectivity index (χ0) is 34.2. The number of para-hydroxylation sites is 1. The molecule has 1 aliphatic heterocycles. The fourth-order valence-electron chi connectivity index (χ4n) is 9.30. The summed E-state index contributed by atoms with van der Waals surface area (Å²) in [7, 11) is 0. The minimum absolute atomic E-state index is 0.248. The summed E-state index contributed by atoms with van der Waals surface area (Å²) in [6.07, 6.45) is 17.4. The Labute approximate surface area is 304 Å². The predicted octanol–water partition coefficient (Wildman–Crippen LogP) is 12.8. The molecule has 0 N–H and O–H groups in total. The van der Waals surface area contributed by atoms with E-state index in [4.69, 9.17) is 0 Å². The molecule has 0 aromatic heterocycles. The van der Waals surface area contributed by atoms with Crippen LogP contribution < -0.4 is 9.80 Å². The highest BCUT2D eigenvalue weighted by atomic mass is 15.2. The molecule has 3 atom stereocenters. The van der Waals surface area contributed by atoms with Gasteiger partial charge in [0.05, 0.1) is 12.1 Å². The monoisotopic (exact) mass is 664 g/mol. The lowest BCUT2D eigenvalue weighted by molar-refractivity contribution is 0.611. The Balaban J connectivity index is 1.08. The maximum atomic E-state index is 2.64. The van der Waals surface area contributed by atoms with E-state index in [1.807, 2.05) is 0 Å². The van der Waals surface area contributed by atoms with E-state index in [1.165, 1.54) is 71.9 Å². The zero-order valence-corrected chi connectivity index (χ0v) is 28.7. The Hall–Kier alpha value is -6.38. The number of rotatable bonds is 5. The molecule has 11 rings (SSSR count). The molecule has 7 aromatic rings. The molecule has 0 radical (unpaired) electrons. The minimum atomic E-state index is 0.248. The quantitative estimate of drug-likeness (QED) is 0.169. The van der Waals surface area contributed by atoms with Crippen molar-refractivity contribution < 1.29 is 0 Å². The summed E-state index contributed by atoms with van der Waals surface area (Å²) in [5, 5.41) is 5.26. The largest absolute Gasteiger partial charge is 0.357 e. The van der Waals surface area contributed by atoms with Gasteiger partial charge in [-0.15, -0.1) is 0 Å². The summed E-state index contributed by atoms with van der Waals surface area (Å²) >= 11 is 0. The topological polar surface area (TPSA) is 6.48 Å². The van der Waals surface area contributed by atoms with Crippen LogP contribution in [0.25, 0.3) is 54.9 Å². The van der Waals surface area contributed by atoms with Gasteiger partial charge in [-0.05, 0) is 109 Å². The Bertz CT molecular complexity index is 2680. The first-order valence-electron chi connectivity index (χ1n) is 18.5. The summed E-state index contributed by atoms with van der Waals surface area (Å²) in [6, 6.07) is 54.5. The van der Waals surface area contributed by atoms with E-state index in [-0.39, 0.29) is 12.0 Å². The van der Waals surface area contributed by atoms with Crippen molar-refractivity contribution in [2.24, 2.45) is 0 Å². The molecule has 0 bridgehead atoms. The van der Waals surface area contributed by atoms with Crippen molar-refractivity contribution >= 4 is 38.6 Å². The number of benzene rings is 7. The Morgan fingerprint density at radius 2 is 1.37 bits per heavy atom.